The SMILES string of the molecule is O=C(CC1CC(=O)N(c2ccc(CN3CCOCC3)cc2)C1)c1nnc(SCc2ccc(F)cc2)s1. The van der Waals surface area contributed by atoms with E-state index in [1.807, 2.05) is 12.1 Å². The second-order valence-corrected chi connectivity index (χ2v) is 11.2. The van der Waals surface area contributed by atoms with Crippen molar-refractivity contribution < 1.29 is 18.7 Å². The summed E-state index contributed by atoms with van der Waals surface area (Å²) in [5.74, 6) is 0.276. The van der Waals surface area contributed by atoms with Gasteiger partial charge >= 0.3 is 0 Å². The van der Waals surface area contributed by atoms with Crippen molar-refractivity contribution in [1.82, 2.24) is 15.1 Å². The predicted molar refractivity (Wildman–Crippen MR) is 138 cm³/mol. The van der Waals surface area contributed by atoms with Crippen molar-refractivity contribution in [3.63, 3.8) is 0 Å². The maximum Gasteiger partial charge on any atom is 0.227 e. The molecule has 5 rings (SSSR count). The number of aromatic nitrogens is 2. The van der Waals surface area contributed by atoms with E-state index in [0.29, 0.717) is 28.1 Å². The number of carbonyl (C=O) groups is 2. The largest absolute Gasteiger partial charge is 0.379 e. The molecule has 1 amide bonds. The number of thioether (sulfide) groups is 1. The summed E-state index contributed by atoms with van der Waals surface area (Å²) < 4.78 is 19.2. The monoisotopic (exact) mass is 526 g/mol. The van der Waals surface area contributed by atoms with E-state index in [-0.39, 0.29) is 29.8 Å². The Morgan fingerprint density at radius 2 is 1.78 bits per heavy atom. The fourth-order valence-corrected chi connectivity index (χ4v) is 6.18. The lowest BCUT2D eigenvalue weighted by Crippen LogP contribution is -2.35. The Hall–Kier alpha value is -2.66. The molecule has 188 valence electrons. The first kappa shape index (κ1) is 25.0. The first-order valence-electron chi connectivity index (χ1n) is 12.0. The maximum atomic E-state index is 13.1. The quantitative estimate of drug-likeness (QED) is 0.302. The van der Waals surface area contributed by atoms with E-state index in [4.69, 9.17) is 4.74 Å². The molecule has 1 aromatic heterocycles. The Kier molecular flexibility index (Phi) is 8.05. The Bertz CT molecular complexity index is 1200. The summed E-state index contributed by atoms with van der Waals surface area (Å²) in [5.41, 5.74) is 3.06. The molecule has 0 aliphatic carbocycles. The zero-order valence-corrected chi connectivity index (χ0v) is 21.4. The highest BCUT2D eigenvalue weighted by molar-refractivity contribution is 8.00. The van der Waals surface area contributed by atoms with Gasteiger partial charge in [0.15, 0.2) is 15.1 Å². The van der Waals surface area contributed by atoms with Gasteiger partial charge in [0.25, 0.3) is 0 Å². The van der Waals surface area contributed by atoms with Crippen LogP contribution in [0.15, 0.2) is 52.9 Å². The zero-order valence-electron chi connectivity index (χ0n) is 19.8. The van der Waals surface area contributed by atoms with E-state index < -0.39 is 0 Å². The van der Waals surface area contributed by atoms with E-state index in [9.17, 15) is 14.0 Å². The van der Waals surface area contributed by atoms with Gasteiger partial charge < -0.3 is 9.64 Å². The second kappa shape index (κ2) is 11.6. The molecule has 0 bridgehead atoms. The van der Waals surface area contributed by atoms with Gasteiger partial charge in [-0.3, -0.25) is 14.5 Å². The number of hydrogen-bond acceptors (Lipinski definition) is 8. The van der Waals surface area contributed by atoms with Crippen LogP contribution in [0.25, 0.3) is 0 Å². The Morgan fingerprint density at radius 1 is 1.06 bits per heavy atom. The fourth-order valence-electron chi connectivity index (χ4n) is 4.42. The van der Waals surface area contributed by atoms with Crippen molar-refractivity contribution in [2.75, 3.05) is 37.7 Å². The van der Waals surface area contributed by atoms with Crippen LogP contribution in [-0.4, -0.2) is 59.6 Å². The van der Waals surface area contributed by atoms with Crippen LogP contribution in [0, 0.1) is 11.7 Å². The molecule has 2 saturated heterocycles. The van der Waals surface area contributed by atoms with Crippen LogP contribution in [-0.2, 0) is 21.8 Å². The van der Waals surface area contributed by atoms with Crippen LogP contribution in [0.5, 0.6) is 0 Å². The molecular weight excluding hydrogens is 499 g/mol. The summed E-state index contributed by atoms with van der Waals surface area (Å²) in [5, 5.41) is 8.56. The first-order chi connectivity index (χ1) is 17.5. The normalized spacial score (nSPS) is 18.6. The van der Waals surface area contributed by atoms with E-state index in [0.717, 1.165) is 44.1 Å². The summed E-state index contributed by atoms with van der Waals surface area (Å²) >= 11 is 2.74. The number of hydrogen-bond donors (Lipinski definition) is 0. The summed E-state index contributed by atoms with van der Waals surface area (Å²) in [6, 6.07) is 14.5. The van der Waals surface area contributed by atoms with Gasteiger partial charge in [0.2, 0.25) is 5.91 Å². The Balaban J connectivity index is 1.12. The summed E-state index contributed by atoms with van der Waals surface area (Å²) in [4.78, 5) is 29.7. The van der Waals surface area contributed by atoms with Crippen molar-refractivity contribution in [3.8, 4) is 0 Å². The molecule has 7 nitrogen and oxygen atoms in total. The molecule has 2 fully saturated rings. The third-order valence-corrected chi connectivity index (χ3v) is 8.53. The fraction of sp³-hybridized carbons (Fsp3) is 0.385. The van der Waals surface area contributed by atoms with Crippen molar-refractivity contribution in [3.05, 3.63) is 70.5 Å². The van der Waals surface area contributed by atoms with Gasteiger partial charge in [0, 0.05) is 50.5 Å². The highest BCUT2D eigenvalue weighted by Crippen LogP contribution is 2.30. The minimum Gasteiger partial charge on any atom is -0.379 e. The topological polar surface area (TPSA) is 75.6 Å². The molecule has 0 N–H and O–H groups in total. The highest BCUT2D eigenvalue weighted by Gasteiger charge is 2.32. The highest BCUT2D eigenvalue weighted by atomic mass is 32.2. The van der Waals surface area contributed by atoms with Gasteiger partial charge in [0.05, 0.1) is 13.2 Å². The Labute approximate surface area is 217 Å². The first-order valence-corrected chi connectivity index (χ1v) is 13.8. The van der Waals surface area contributed by atoms with Crippen LogP contribution in [0.1, 0.15) is 33.8 Å². The zero-order chi connectivity index (χ0) is 24.9. The number of benzene rings is 2. The molecule has 3 heterocycles. The lowest BCUT2D eigenvalue weighted by atomic mass is 10.0. The molecule has 0 spiro atoms. The van der Waals surface area contributed by atoms with E-state index in [1.165, 1.54) is 40.8 Å². The van der Waals surface area contributed by atoms with Crippen LogP contribution in [0.2, 0.25) is 0 Å². The number of ketones is 1. The minimum absolute atomic E-state index is 0.0431. The summed E-state index contributed by atoms with van der Waals surface area (Å²) in [6.45, 7) is 4.82. The number of morpholine rings is 1. The van der Waals surface area contributed by atoms with Gasteiger partial charge in [-0.1, -0.05) is 47.4 Å². The average Bonchev–Trinajstić information content (AvgIpc) is 3.51. The van der Waals surface area contributed by atoms with Crippen LogP contribution >= 0.6 is 23.1 Å². The standard InChI is InChI=1S/C26H27FN4O3S2/c27-21-5-1-19(2-6-21)17-35-26-29-28-25(36-26)23(32)13-20-14-24(33)31(16-20)22-7-3-18(4-8-22)15-30-9-11-34-12-10-30/h1-8,20H,9-17H2. The van der Waals surface area contributed by atoms with Crippen molar-refractivity contribution in [1.29, 1.82) is 0 Å². The van der Waals surface area contributed by atoms with E-state index >= 15 is 0 Å². The lowest BCUT2D eigenvalue weighted by molar-refractivity contribution is -0.117. The maximum absolute atomic E-state index is 13.1. The van der Waals surface area contributed by atoms with Crippen LogP contribution in [0.4, 0.5) is 10.1 Å². The second-order valence-electron chi connectivity index (χ2n) is 9.05. The molecule has 1 atom stereocenters. The molecule has 3 aromatic rings. The van der Waals surface area contributed by atoms with Crippen molar-refractivity contribution in [2.24, 2.45) is 5.92 Å². The van der Waals surface area contributed by atoms with Gasteiger partial charge in [-0.25, -0.2) is 4.39 Å². The number of ether oxygens (including phenoxy) is 1. The van der Waals surface area contributed by atoms with Crippen LogP contribution < -0.4 is 4.90 Å². The number of halogens is 1. The molecule has 2 aliphatic heterocycles. The molecule has 0 saturated carbocycles. The van der Waals surface area contributed by atoms with Gasteiger partial charge in [-0.05, 0) is 41.3 Å². The molecule has 0 radical (unpaired) electrons. The third kappa shape index (κ3) is 6.36. The predicted octanol–water partition coefficient (Wildman–Crippen LogP) is 4.43. The number of amides is 1. The number of Topliss-reactive ketones (excluding diaryl/α,β-unsaturated/α-hetero) is 1. The number of carbonyl (C=O) groups excluding carboxylic acids is 2. The average molecular weight is 527 g/mol. The van der Waals surface area contributed by atoms with Gasteiger partial charge in [0.1, 0.15) is 5.82 Å². The lowest BCUT2D eigenvalue weighted by Gasteiger charge is -2.26. The van der Waals surface area contributed by atoms with E-state index in [1.54, 1.807) is 17.0 Å². The minimum atomic E-state index is -0.266. The molecule has 36 heavy (non-hydrogen) atoms. The van der Waals surface area contributed by atoms with Gasteiger partial charge in [-0.2, -0.15) is 0 Å². The third-order valence-electron chi connectivity index (χ3n) is 6.36. The molecule has 10 heteroatoms. The van der Waals surface area contributed by atoms with Gasteiger partial charge in [-0.15, -0.1) is 10.2 Å². The Morgan fingerprint density at radius 3 is 2.53 bits per heavy atom. The van der Waals surface area contributed by atoms with Crippen LogP contribution in [0.3, 0.4) is 0 Å². The summed E-state index contributed by atoms with van der Waals surface area (Å²) in [6.07, 6.45) is 0.626. The molecular formula is C26H27FN4O3S2. The molecule has 1 unspecified atom stereocenters. The number of anilines is 1. The smallest absolute Gasteiger partial charge is 0.227 e. The molecule has 2 aromatic carbocycles. The summed E-state index contributed by atoms with van der Waals surface area (Å²) in [7, 11) is 0. The van der Waals surface area contributed by atoms with Crippen molar-refractivity contribution in [2.45, 2.75) is 29.5 Å². The van der Waals surface area contributed by atoms with Crippen molar-refractivity contribution >= 4 is 40.5 Å². The van der Waals surface area contributed by atoms with E-state index in [2.05, 4.69) is 27.2 Å². The number of nitrogens with zero attached hydrogens (tertiary/aromatic N) is 4. The molecule has 2 aliphatic rings. The number of rotatable bonds is 9.